The number of benzene rings is 1. The molecule has 1 atom stereocenters. The van der Waals surface area contributed by atoms with Crippen LogP contribution in [-0.2, 0) is 4.79 Å². The summed E-state index contributed by atoms with van der Waals surface area (Å²) < 4.78 is 25.2. The van der Waals surface area contributed by atoms with E-state index in [1.807, 2.05) is 0 Å². The van der Waals surface area contributed by atoms with Crippen molar-refractivity contribution in [2.24, 2.45) is 0 Å². The smallest absolute Gasteiger partial charge is 0.318 e. The Morgan fingerprint density at radius 2 is 1.88 bits per heavy atom. The van der Waals surface area contributed by atoms with Gasteiger partial charge in [-0.3, -0.25) is 4.79 Å². The summed E-state index contributed by atoms with van der Waals surface area (Å²) in [7, 11) is 0. The fraction of sp³-hybridized carbons (Fsp3) is 0.529. The molecule has 0 heterocycles. The first-order valence-electron chi connectivity index (χ1n) is 8.15. The fourth-order valence-electron chi connectivity index (χ4n) is 2.39. The van der Waals surface area contributed by atoms with Crippen LogP contribution in [0.4, 0.5) is 19.3 Å². The normalized spacial score (nSPS) is 15.0. The topological polar surface area (TPSA) is 61.4 Å². The molecule has 0 bridgehead atoms. The van der Waals surface area contributed by atoms with E-state index < -0.39 is 19.0 Å². The number of halogens is 2. The van der Waals surface area contributed by atoms with Crippen molar-refractivity contribution in [1.29, 1.82) is 0 Å². The summed E-state index contributed by atoms with van der Waals surface area (Å²) in [6, 6.07) is 6.25. The van der Waals surface area contributed by atoms with Gasteiger partial charge in [0.2, 0.25) is 5.91 Å². The van der Waals surface area contributed by atoms with E-state index >= 15 is 0 Å². The van der Waals surface area contributed by atoms with Crippen molar-refractivity contribution >= 4 is 17.6 Å². The first-order valence-corrected chi connectivity index (χ1v) is 8.15. The van der Waals surface area contributed by atoms with E-state index in [1.54, 1.807) is 38.1 Å². The molecule has 0 aliphatic heterocycles. The molecular weight excluding hydrogens is 316 g/mol. The summed E-state index contributed by atoms with van der Waals surface area (Å²) in [4.78, 5) is 24.8. The van der Waals surface area contributed by atoms with Gasteiger partial charge in [-0.25, -0.2) is 13.6 Å². The maximum atomic E-state index is 12.6. The predicted octanol–water partition coefficient (Wildman–Crippen LogP) is 3.54. The van der Waals surface area contributed by atoms with Crippen molar-refractivity contribution in [3.63, 3.8) is 0 Å². The van der Waals surface area contributed by atoms with E-state index in [2.05, 4.69) is 10.6 Å². The third-order valence-corrected chi connectivity index (χ3v) is 3.94. The molecule has 1 aliphatic carbocycles. The Bertz CT molecular complexity index is 574. The van der Waals surface area contributed by atoms with Crippen LogP contribution >= 0.6 is 0 Å². The first-order chi connectivity index (χ1) is 11.4. The molecule has 3 amide bonds. The van der Waals surface area contributed by atoms with Gasteiger partial charge < -0.3 is 15.5 Å². The average molecular weight is 339 g/mol. The number of anilines is 1. The summed E-state index contributed by atoms with van der Waals surface area (Å²) in [5.74, 6) is -0.0730. The van der Waals surface area contributed by atoms with Crippen molar-refractivity contribution in [2.45, 2.75) is 51.6 Å². The van der Waals surface area contributed by atoms with E-state index in [9.17, 15) is 18.4 Å². The van der Waals surface area contributed by atoms with Gasteiger partial charge in [0.05, 0.1) is 12.6 Å². The van der Waals surface area contributed by atoms with Crippen molar-refractivity contribution in [3.8, 4) is 0 Å². The zero-order chi connectivity index (χ0) is 17.7. The van der Waals surface area contributed by atoms with Gasteiger partial charge in [-0.1, -0.05) is 19.1 Å². The largest absolute Gasteiger partial charge is 0.331 e. The standard InChI is InChI=1S/C17H23F2N3O2/c1-3-16(23)21-13-6-4-12(5-7-13)11(2)20-17(24)22(10-15(18)19)14-8-9-14/h4-7,11,14-15H,3,8-10H2,1-2H3,(H,20,24)(H,21,23)/t11-/m1/s1. The van der Waals surface area contributed by atoms with Crippen molar-refractivity contribution in [3.05, 3.63) is 29.8 Å². The molecule has 0 aromatic heterocycles. The molecule has 0 unspecified atom stereocenters. The van der Waals surface area contributed by atoms with Gasteiger partial charge in [-0.2, -0.15) is 0 Å². The van der Waals surface area contributed by atoms with Crippen molar-refractivity contribution in [1.82, 2.24) is 10.2 Å². The number of alkyl halides is 2. The van der Waals surface area contributed by atoms with E-state index in [4.69, 9.17) is 0 Å². The highest BCUT2D eigenvalue weighted by Crippen LogP contribution is 2.28. The second-order valence-electron chi connectivity index (χ2n) is 5.97. The Hall–Kier alpha value is -2.18. The van der Waals surface area contributed by atoms with Gasteiger partial charge in [0.1, 0.15) is 0 Å². The molecule has 24 heavy (non-hydrogen) atoms. The minimum absolute atomic E-state index is 0.0715. The molecule has 0 radical (unpaired) electrons. The number of carbonyl (C=O) groups excluding carboxylic acids is 2. The van der Waals surface area contributed by atoms with Gasteiger partial charge in [0.25, 0.3) is 6.43 Å². The minimum atomic E-state index is -2.53. The lowest BCUT2D eigenvalue weighted by Gasteiger charge is -2.25. The SMILES string of the molecule is CCC(=O)Nc1ccc([C@@H](C)NC(=O)N(CC(F)F)C2CC2)cc1. The second kappa shape index (κ2) is 8.08. The molecule has 5 nitrogen and oxygen atoms in total. The Morgan fingerprint density at radius 1 is 1.25 bits per heavy atom. The highest BCUT2D eigenvalue weighted by Gasteiger charge is 2.34. The van der Waals surface area contributed by atoms with Crippen molar-refractivity contribution < 1.29 is 18.4 Å². The molecule has 1 fully saturated rings. The molecule has 2 rings (SSSR count). The van der Waals surface area contributed by atoms with Crippen LogP contribution in [0.1, 0.15) is 44.7 Å². The number of amides is 3. The number of hydrogen-bond donors (Lipinski definition) is 2. The van der Waals surface area contributed by atoms with Gasteiger partial charge in [-0.15, -0.1) is 0 Å². The monoisotopic (exact) mass is 339 g/mol. The van der Waals surface area contributed by atoms with Gasteiger partial charge in [-0.05, 0) is 37.5 Å². The Kier molecular flexibility index (Phi) is 6.11. The quantitative estimate of drug-likeness (QED) is 0.798. The second-order valence-corrected chi connectivity index (χ2v) is 5.97. The Morgan fingerprint density at radius 3 is 2.38 bits per heavy atom. The third kappa shape index (κ3) is 5.18. The van der Waals surface area contributed by atoms with E-state index in [-0.39, 0.29) is 18.0 Å². The van der Waals surface area contributed by atoms with Crippen molar-refractivity contribution in [2.75, 3.05) is 11.9 Å². The van der Waals surface area contributed by atoms with Crippen LogP contribution in [0, 0.1) is 0 Å². The number of rotatable bonds is 7. The van der Waals surface area contributed by atoms with Gasteiger partial charge >= 0.3 is 6.03 Å². The van der Waals surface area contributed by atoms with Gasteiger partial charge in [0, 0.05) is 18.2 Å². The number of hydrogen-bond acceptors (Lipinski definition) is 2. The maximum Gasteiger partial charge on any atom is 0.318 e. The molecule has 1 aromatic carbocycles. The summed E-state index contributed by atoms with van der Waals surface area (Å²) in [5, 5.41) is 5.50. The lowest BCUT2D eigenvalue weighted by Crippen LogP contribution is -2.44. The molecular formula is C17H23F2N3O2. The fourth-order valence-corrected chi connectivity index (χ4v) is 2.39. The lowest BCUT2D eigenvalue weighted by molar-refractivity contribution is -0.115. The minimum Gasteiger partial charge on any atom is -0.331 e. The number of nitrogens with zero attached hydrogens (tertiary/aromatic N) is 1. The molecule has 0 spiro atoms. The molecule has 2 N–H and O–H groups in total. The van der Waals surface area contributed by atoms with E-state index in [1.165, 1.54) is 4.90 Å². The molecule has 7 heteroatoms. The van der Waals surface area contributed by atoms with E-state index in [0.29, 0.717) is 12.1 Å². The molecule has 0 saturated heterocycles. The molecule has 1 aromatic rings. The van der Waals surface area contributed by atoms with Crippen LogP contribution in [0.15, 0.2) is 24.3 Å². The summed E-state index contributed by atoms with van der Waals surface area (Å²) in [6.07, 6.45) is -0.580. The first kappa shape index (κ1) is 18.2. The highest BCUT2D eigenvalue weighted by molar-refractivity contribution is 5.90. The summed E-state index contributed by atoms with van der Waals surface area (Å²) in [5.41, 5.74) is 1.52. The van der Waals surface area contributed by atoms with Crippen LogP contribution < -0.4 is 10.6 Å². The highest BCUT2D eigenvalue weighted by atomic mass is 19.3. The zero-order valence-electron chi connectivity index (χ0n) is 13.9. The molecule has 1 aliphatic rings. The number of urea groups is 1. The Balaban J connectivity index is 1.94. The average Bonchev–Trinajstić information content (AvgIpc) is 3.37. The summed E-state index contributed by atoms with van der Waals surface area (Å²) in [6.45, 7) is 3.03. The number of nitrogens with one attached hydrogen (secondary N) is 2. The zero-order valence-corrected chi connectivity index (χ0v) is 13.9. The molecule has 132 valence electrons. The predicted molar refractivity (Wildman–Crippen MR) is 88.0 cm³/mol. The summed E-state index contributed by atoms with van der Waals surface area (Å²) >= 11 is 0. The van der Waals surface area contributed by atoms with Gasteiger partial charge in [0.15, 0.2) is 0 Å². The van der Waals surface area contributed by atoms with Crippen LogP contribution in [-0.4, -0.2) is 35.9 Å². The lowest BCUT2D eigenvalue weighted by atomic mass is 10.1. The third-order valence-electron chi connectivity index (χ3n) is 3.94. The maximum absolute atomic E-state index is 12.6. The molecule has 1 saturated carbocycles. The Labute approximate surface area is 140 Å². The van der Waals surface area contributed by atoms with E-state index in [0.717, 1.165) is 18.4 Å². The van der Waals surface area contributed by atoms with Crippen LogP contribution in [0.2, 0.25) is 0 Å². The van der Waals surface area contributed by atoms with Crippen LogP contribution in [0.5, 0.6) is 0 Å². The number of carbonyl (C=O) groups is 2. The van der Waals surface area contributed by atoms with Crippen LogP contribution in [0.3, 0.4) is 0 Å². The van der Waals surface area contributed by atoms with Crippen LogP contribution in [0.25, 0.3) is 0 Å².